The topological polar surface area (TPSA) is 49.9 Å². The highest BCUT2D eigenvalue weighted by Gasteiger charge is 2.49. The summed E-state index contributed by atoms with van der Waals surface area (Å²) in [6.45, 7) is 11.5. The zero-order valence-electron chi connectivity index (χ0n) is 16.5. The van der Waals surface area contributed by atoms with E-state index in [9.17, 15) is 9.59 Å². The van der Waals surface area contributed by atoms with Gasteiger partial charge in [0.15, 0.2) is 0 Å². The molecule has 5 heteroatoms. The maximum absolute atomic E-state index is 13.0. The van der Waals surface area contributed by atoms with E-state index in [1.807, 2.05) is 30.6 Å². The van der Waals surface area contributed by atoms with E-state index in [-0.39, 0.29) is 23.6 Å². The number of likely N-dealkylation sites (tertiary alicyclic amines) is 2. The molecule has 0 spiro atoms. The van der Waals surface area contributed by atoms with E-state index < -0.39 is 5.60 Å². The average molecular weight is 351 g/mol. The Balaban J connectivity index is 1.57. The van der Waals surface area contributed by atoms with Gasteiger partial charge in [-0.15, -0.1) is 0 Å². The summed E-state index contributed by atoms with van der Waals surface area (Å²) in [5, 5.41) is 0. The molecule has 1 saturated carbocycles. The summed E-state index contributed by atoms with van der Waals surface area (Å²) in [5.74, 6) is 1.04. The molecule has 142 valence electrons. The van der Waals surface area contributed by atoms with E-state index in [1.165, 1.54) is 19.3 Å². The van der Waals surface area contributed by atoms with E-state index in [0.717, 1.165) is 18.8 Å². The second-order valence-corrected chi connectivity index (χ2v) is 9.60. The molecule has 1 aliphatic carbocycles. The maximum atomic E-state index is 13.0. The van der Waals surface area contributed by atoms with Crippen molar-refractivity contribution in [2.24, 2.45) is 11.3 Å². The Hall–Kier alpha value is -1.26. The molecule has 2 bridgehead atoms. The summed E-state index contributed by atoms with van der Waals surface area (Å²) in [4.78, 5) is 29.2. The molecule has 25 heavy (non-hydrogen) atoms. The Morgan fingerprint density at radius 1 is 1.16 bits per heavy atom. The van der Waals surface area contributed by atoms with Gasteiger partial charge in [0, 0.05) is 19.5 Å². The van der Waals surface area contributed by atoms with Crippen LogP contribution in [-0.2, 0) is 9.53 Å². The fourth-order valence-corrected chi connectivity index (χ4v) is 5.04. The summed E-state index contributed by atoms with van der Waals surface area (Å²) in [7, 11) is 0. The number of amides is 2. The number of nitrogens with zero attached hydrogens (tertiary/aromatic N) is 2. The average Bonchev–Trinajstić information content (AvgIpc) is 3.19. The third-order valence-electron chi connectivity index (χ3n) is 6.41. The van der Waals surface area contributed by atoms with Crippen LogP contribution >= 0.6 is 0 Å². The van der Waals surface area contributed by atoms with Gasteiger partial charge in [-0.3, -0.25) is 4.79 Å². The Bertz CT molecular complexity index is 542. The quantitative estimate of drug-likeness (QED) is 0.777. The highest BCUT2D eigenvalue weighted by atomic mass is 16.6. The fraction of sp³-hybridized carbons (Fsp3) is 0.900. The zero-order valence-corrected chi connectivity index (χ0v) is 16.5. The second kappa shape index (κ2) is 6.48. The summed E-state index contributed by atoms with van der Waals surface area (Å²) in [6, 6.07) is 0.307. The Kier molecular flexibility index (Phi) is 4.80. The first-order valence-electron chi connectivity index (χ1n) is 9.91. The van der Waals surface area contributed by atoms with Gasteiger partial charge in [-0.25, -0.2) is 4.79 Å². The van der Waals surface area contributed by atoms with Crippen LogP contribution in [0.5, 0.6) is 0 Å². The highest BCUT2D eigenvalue weighted by Crippen LogP contribution is 2.47. The van der Waals surface area contributed by atoms with Crippen LogP contribution in [0.15, 0.2) is 0 Å². The van der Waals surface area contributed by atoms with Crippen LogP contribution in [0.1, 0.15) is 73.1 Å². The standard InChI is InChI=1S/C20H34N2O3/c1-6-20(8-7-14(2)10-20)11-17(23)21-12-16-9-15(21)13-22(16)18(24)25-19(3,4)5/h14-16H,6-13H2,1-5H3. The molecule has 0 aromatic carbocycles. The fourth-order valence-electron chi connectivity index (χ4n) is 5.04. The first kappa shape index (κ1) is 18.5. The first-order chi connectivity index (χ1) is 11.6. The predicted octanol–water partition coefficient (Wildman–Crippen LogP) is 3.81. The van der Waals surface area contributed by atoms with Gasteiger partial charge >= 0.3 is 6.09 Å². The lowest BCUT2D eigenvalue weighted by atomic mass is 9.79. The van der Waals surface area contributed by atoms with Crippen molar-refractivity contribution in [3.8, 4) is 0 Å². The number of ether oxygens (including phenoxy) is 1. The van der Waals surface area contributed by atoms with Crippen LogP contribution in [0.2, 0.25) is 0 Å². The second-order valence-electron chi connectivity index (χ2n) is 9.60. The zero-order chi connectivity index (χ0) is 18.4. The molecular formula is C20H34N2O3. The van der Waals surface area contributed by atoms with Crippen LogP contribution in [0.3, 0.4) is 0 Å². The van der Waals surface area contributed by atoms with E-state index in [4.69, 9.17) is 4.74 Å². The number of fused-ring (bicyclic) bond motifs is 2. The normalized spacial score (nSPS) is 34.7. The van der Waals surface area contributed by atoms with Gasteiger partial charge in [-0.1, -0.05) is 20.3 Å². The van der Waals surface area contributed by atoms with E-state index in [0.29, 0.717) is 25.4 Å². The van der Waals surface area contributed by atoms with Gasteiger partial charge in [-0.05, 0) is 57.8 Å². The van der Waals surface area contributed by atoms with Gasteiger partial charge in [0.2, 0.25) is 5.91 Å². The Labute approximate surface area is 152 Å². The predicted molar refractivity (Wildman–Crippen MR) is 97.2 cm³/mol. The van der Waals surface area contributed by atoms with Gasteiger partial charge < -0.3 is 14.5 Å². The molecular weight excluding hydrogens is 316 g/mol. The number of carbonyl (C=O) groups excluding carboxylic acids is 2. The van der Waals surface area contributed by atoms with Crippen LogP contribution in [0.25, 0.3) is 0 Å². The Morgan fingerprint density at radius 3 is 2.28 bits per heavy atom. The highest BCUT2D eigenvalue weighted by molar-refractivity contribution is 5.79. The first-order valence-corrected chi connectivity index (χ1v) is 9.91. The number of piperazine rings is 1. The smallest absolute Gasteiger partial charge is 0.410 e. The van der Waals surface area contributed by atoms with Crippen molar-refractivity contribution in [2.75, 3.05) is 13.1 Å². The molecule has 0 radical (unpaired) electrons. The third kappa shape index (κ3) is 3.80. The minimum Gasteiger partial charge on any atom is -0.444 e. The van der Waals surface area contributed by atoms with Crippen molar-refractivity contribution >= 4 is 12.0 Å². The molecule has 2 saturated heterocycles. The molecule has 0 N–H and O–H groups in total. The number of rotatable bonds is 3. The van der Waals surface area contributed by atoms with Crippen LogP contribution in [0.4, 0.5) is 4.79 Å². The number of carbonyl (C=O) groups is 2. The van der Waals surface area contributed by atoms with Crippen molar-refractivity contribution in [3.63, 3.8) is 0 Å². The van der Waals surface area contributed by atoms with Crippen LogP contribution in [0, 0.1) is 11.3 Å². The van der Waals surface area contributed by atoms with Crippen LogP contribution in [-0.4, -0.2) is 52.6 Å². The van der Waals surface area contributed by atoms with Gasteiger partial charge in [-0.2, -0.15) is 0 Å². The molecule has 2 aliphatic heterocycles. The number of hydrogen-bond donors (Lipinski definition) is 0. The van der Waals surface area contributed by atoms with Crippen molar-refractivity contribution in [1.82, 2.24) is 9.80 Å². The number of hydrogen-bond acceptors (Lipinski definition) is 3. The molecule has 4 atom stereocenters. The summed E-state index contributed by atoms with van der Waals surface area (Å²) < 4.78 is 5.51. The molecule has 3 fully saturated rings. The van der Waals surface area contributed by atoms with Gasteiger partial charge in [0.1, 0.15) is 5.60 Å². The summed E-state index contributed by atoms with van der Waals surface area (Å²) >= 11 is 0. The molecule has 3 rings (SSSR count). The van der Waals surface area contributed by atoms with E-state index in [1.54, 1.807) is 0 Å². The lowest BCUT2D eigenvalue weighted by Gasteiger charge is -2.37. The SMILES string of the molecule is CCC1(CC(=O)N2CC3CC2CN3C(=O)OC(C)(C)C)CCC(C)C1. The molecule has 0 aromatic rings. The van der Waals surface area contributed by atoms with Gasteiger partial charge in [0.25, 0.3) is 0 Å². The molecule has 2 amide bonds. The monoisotopic (exact) mass is 350 g/mol. The molecule has 3 aliphatic rings. The lowest BCUT2D eigenvalue weighted by Crippen LogP contribution is -2.52. The molecule has 2 heterocycles. The lowest BCUT2D eigenvalue weighted by molar-refractivity contribution is -0.136. The van der Waals surface area contributed by atoms with Crippen molar-refractivity contribution in [2.45, 2.75) is 90.8 Å². The molecule has 5 nitrogen and oxygen atoms in total. The summed E-state index contributed by atoms with van der Waals surface area (Å²) in [5.41, 5.74) is -0.260. The minimum atomic E-state index is -0.471. The van der Waals surface area contributed by atoms with Crippen molar-refractivity contribution < 1.29 is 14.3 Å². The molecule has 0 aromatic heterocycles. The largest absolute Gasteiger partial charge is 0.444 e. The van der Waals surface area contributed by atoms with E-state index in [2.05, 4.69) is 13.8 Å². The van der Waals surface area contributed by atoms with Crippen molar-refractivity contribution in [1.29, 1.82) is 0 Å². The molecule has 4 unspecified atom stereocenters. The van der Waals surface area contributed by atoms with Gasteiger partial charge in [0.05, 0.1) is 12.1 Å². The minimum absolute atomic E-state index is 0.129. The Morgan fingerprint density at radius 2 is 1.80 bits per heavy atom. The van der Waals surface area contributed by atoms with Crippen molar-refractivity contribution in [3.05, 3.63) is 0 Å². The van der Waals surface area contributed by atoms with E-state index >= 15 is 0 Å². The third-order valence-corrected chi connectivity index (χ3v) is 6.41. The maximum Gasteiger partial charge on any atom is 0.410 e. The van der Waals surface area contributed by atoms with Crippen LogP contribution < -0.4 is 0 Å². The summed E-state index contributed by atoms with van der Waals surface area (Å²) in [6.07, 6.45) is 6.06.